The van der Waals surface area contributed by atoms with Crippen LogP contribution in [0.2, 0.25) is 0 Å². The fourth-order valence-corrected chi connectivity index (χ4v) is 3.61. The molecule has 0 atom stereocenters. The summed E-state index contributed by atoms with van der Waals surface area (Å²) in [7, 11) is 0. The quantitative estimate of drug-likeness (QED) is 0.339. The summed E-state index contributed by atoms with van der Waals surface area (Å²) in [5.74, 6) is 1.16. The Bertz CT molecular complexity index is 1400. The Balaban J connectivity index is 1.15. The number of carbonyl (C=O) groups excluding carboxylic acids is 1. The summed E-state index contributed by atoms with van der Waals surface area (Å²) in [6, 6.07) is 26.3. The van der Waals surface area contributed by atoms with Crippen molar-refractivity contribution in [3.05, 3.63) is 126 Å². The number of amides is 1. The Morgan fingerprint density at radius 3 is 2.46 bits per heavy atom. The Morgan fingerprint density at radius 2 is 1.63 bits per heavy atom. The number of benzene rings is 2. The summed E-state index contributed by atoms with van der Waals surface area (Å²) in [4.78, 5) is 21.5. The molecule has 174 valence electrons. The second kappa shape index (κ2) is 10.5. The molecular formula is C28H24N4O3. The molecule has 0 aliphatic rings. The molecule has 35 heavy (non-hydrogen) atoms. The summed E-state index contributed by atoms with van der Waals surface area (Å²) in [5.41, 5.74) is 4.01. The molecule has 2 aromatic carbocycles. The molecule has 1 amide bonds. The monoisotopic (exact) mass is 464 g/mol. The largest absolute Gasteiger partial charge is 0.487 e. The van der Waals surface area contributed by atoms with Gasteiger partial charge in [-0.05, 0) is 60.2 Å². The van der Waals surface area contributed by atoms with Crippen molar-refractivity contribution in [3.8, 4) is 11.5 Å². The van der Waals surface area contributed by atoms with Crippen LogP contribution in [0.3, 0.4) is 0 Å². The van der Waals surface area contributed by atoms with Crippen LogP contribution in [0.25, 0.3) is 5.65 Å². The number of rotatable bonds is 9. The zero-order valence-electron chi connectivity index (χ0n) is 19.0. The van der Waals surface area contributed by atoms with Crippen LogP contribution in [-0.2, 0) is 19.8 Å². The Labute approximate surface area is 203 Å². The molecule has 0 saturated carbocycles. The van der Waals surface area contributed by atoms with Gasteiger partial charge in [-0.1, -0.05) is 30.3 Å². The fourth-order valence-electron chi connectivity index (χ4n) is 3.61. The minimum Gasteiger partial charge on any atom is -0.487 e. The van der Waals surface area contributed by atoms with Crippen molar-refractivity contribution in [2.75, 3.05) is 0 Å². The predicted molar refractivity (Wildman–Crippen MR) is 132 cm³/mol. The summed E-state index contributed by atoms with van der Waals surface area (Å²) in [5, 5.41) is 2.96. The second-order valence-electron chi connectivity index (χ2n) is 7.95. The van der Waals surface area contributed by atoms with Crippen molar-refractivity contribution in [3.63, 3.8) is 0 Å². The van der Waals surface area contributed by atoms with Crippen molar-refractivity contribution >= 4 is 11.6 Å². The van der Waals surface area contributed by atoms with Gasteiger partial charge in [0.15, 0.2) is 0 Å². The van der Waals surface area contributed by atoms with E-state index in [4.69, 9.17) is 9.47 Å². The highest BCUT2D eigenvalue weighted by molar-refractivity contribution is 5.94. The highest BCUT2D eigenvalue weighted by Gasteiger charge is 2.08. The van der Waals surface area contributed by atoms with Gasteiger partial charge in [0.05, 0.1) is 11.4 Å². The van der Waals surface area contributed by atoms with Gasteiger partial charge in [-0.3, -0.25) is 9.78 Å². The van der Waals surface area contributed by atoms with Crippen LogP contribution in [-0.4, -0.2) is 20.3 Å². The average Bonchev–Trinajstić information content (AvgIpc) is 3.34. The van der Waals surface area contributed by atoms with E-state index in [-0.39, 0.29) is 5.91 Å². The normalized spacial score (nSPS) is 10.7. The smallest absolute Gasteiger partial charge is 0.251 e. The molecule has 1 N–H and O–H groups in total. The molecule has 0 radical (unpaired) electrons. The van der Waals surface area contributed by atoms with E-state index in [1.54, 1.807) is 24.4 Å². The number of pyridine rings is 2. The van der Waals surface area contributed by atoms with Gasteiger partial charge in [-0.25, -0.2) is 4.98 Å². The molecule has 3 aromatic heterocycles. The van der Waals surface area contributed by atoms with E-state index in [9.17, 15) is 4.79 Å². The Morgan fingerprint density at radius 1 is 0.829 bits per heavy atom. The van der Waals surface area contributed by atoms with Crippen LogP contribution < -0.4 is 14.8 Å². The summed E-state index contributed by atoms with van der Waals surface area (Å²) in [6.07, 6.45) is 5.61. The number of nitrogens with one attached hydrogen (secondary N) is 1. The molecule has 3 heterocycles. The zero-order chi connectivity index (χ0) is 23.9. The van der Waals surface area contributed by atoms with E-state index in [1.807, 2.05) is 83.5 Å². The van der Waals surface area contributed by atoms with E-state index in [1.165, 1.54) is 0 Å². The van der Waals surface area contributed by atoms with Crippen molar-refractivity contribution in [2.45, 2.75) is 19.8 Å². The molecule has 0 spiro atoms. The first-order chi connectivity index (χ1) is 17.2. The average molecular weight is 465 g/mol. The molecule has 7 nitrogen and oxygen atoms in total. The number of imidazole rings is 1. The number of hydrogen-bond donors (Lipinski definition) is 1. The standard InChI is InChI=1S/C28H24N4O3/c33-28(30-17-21-7-5-10-25(15-21)34-19-23-9-1-3-13-29-23)22-8-6-11-26(16-22)35-20-24-18-32-14-4-2-12-27(32)31-24/h1-16,18H,17,19-20H2,(H,30,33). The first-order valence-corrected chi connectivity index (χ1v) is 11.3. The lowest BCUT2D eigenvalue weighted by atomic mass is 10.1. The van der Waals surface area contributed by atoms with Crippen LogP contribution >= 0.6 is 0 Å². The molecule has 7 heteroatoms. The van der Waals surface area contributed by atoms with Crippen molar-refractivity contribution in [1.29, 1.82) is 0 Å². The molecule has 5 aromatic rings. The molecule has 0 saturated heterocycles. The third-order valence-electron chi connectivity index (χ3n) is 5.36. The lowest BCUT2D eigenvalue weighted by Crippen LogP contribution is -2.22. The first kappa shape index (κ1) is 22.2. The van der Waals surface area contributed by atoms with Crippen LogP contribution in [0.5, 0.6) is 11.5 Å². The first-order valence-electron chi connectivity index (χ1n) is 11.3. The van der Waals surface area contributed by atoms with Gasteiger partial charge in [-0.2, -0.15) is 0 Å². The molecule has 0 aliphatic carbocycles. The highest BCUT2D eigenvalue weighted by atomic mass is 16.5. The number of hydrogen-bond acceptors (Lipinski definition) is 5. The van der Waals surface area contributed by atoms with Gasteiger partial charge < -0.3 is 19.2 Å². The van der Waals surface area contributed by atoms with E-state index in [0.717, 1.165) is 28.3 Å². The third kappa shape index (κ3) is 5.83. The van der Waals surface area contributed by atoms with Crippen molar-refractivity contribution < 1.29 is 14.3 Å². The molecule has 5 rings (SSSR count). The number of aromatic nitrogens is 3. The van der Waals surface area contributed by atoms with E-state index in [2.05, 4.69) is 15.3 Å². The van der Waals surface area contributed by atoms with Crippen LogP contribution in [0.4, 0.5) is 0 Å². The summed E-state index contributed by atoms with van der Waals surface area (Å²) < 4.78 is 13.6. The maximum absolute atomic E-state index is 12.7. The topological polar surface area (TPSA) is 77.8 Å². The third-order valence-corrected chi connectivity index (χ3v) is 5.36. The van der Waals surface area contributed by atoms with Crippen LogP contribution in [0, 0.1) is 0 Å². The fraction of sp³-hybridized carbons (Fsp3) is 0.107. The summed E-state index contributed by atoms with van der Waals surface area (Å²) >= 11 is 0. The molecular weight excluding hydrogens is 440 g/mol. The number of nitrogens with zero attached hydrogens (tertiary/aromatic N) is 3. The Kier molecular flexibility index (Phi) is 6.66. The molecule has 0 unspecified atom stereocenters. The van der Waals surface area contributed by atoms with Crippen molar-refractivity contribution in [2.24, 2.45) is 0 Å². The molecule has 0 fully saturated rings. The highest BCUT2D eigenvalue weighted by Crippen LogP contribution is 2.17. The maximum atomic E-state index is 12.7. The lowest BCUT2D eigenvalue weighted by molar-refractivity contribution is 0.0950. The molecule has 0 bridgehead atoms. The van der Waals surface area contributed by atoms with Gasteiger partial charge in [0.2, 0.25) is 0 Å². The van der Waals surface area contributed by atoms with Gasteiger partial charge >= 0.3 is 0 Å². The van der Waals surface area contributed by atoms with Crippen LogP contribution in [0.1, 0.15) is 27.3 Å². The van der Waals surface area contributed by atoms with Gasteiger partial charge in [0.1, 0.15) is 30.4 Å². The number of ether oxygens (including phenoxy) is 2. The minimum absolute atomic E-state index is 0.178. The molecule has 0 aliphatic heterocycles. The van der Waals surface area contributed by atoms with Gasteiger partial charge in [0.25, 0.3) is 5.91 Å². The zero-order valence-corrected chi connectivity index (χ0v) is 19.0. The van der Waals surface area contributed by atoms with Gasteiger partial charge in [0, 0.05) is 30.7 Å². The second-order valence-corrected chi connectivity index (χ2v) is 7.95. The van der Waals surface area contributed by atoms with E-state index in [0.29, 0.717) is 31.1 Å². The van der Waals surface area contributed by atoms with Crippen molar-refractivity contribution in [1.82, 2.24) is 19.7 Å². The number of fused-ring (bicyclic) bond motifs is 1. The van der Waals surface area contributed by atoms with E-state index < -0.39 is 0 Å². The van der Waals surface area contributed by atoms with Gasteiger partial charge in [-0.15, -0.1) is 0 Å². The number of carbonyl (C=O) groups is 1. The lowest BCUT2D eigenvalue weighted by Gasteiger charge is -2.10. The predicted octanol–water partition coefficient (Wildman–Crippen LogP) is 4.82. The maximum Gasteiger partial charge on any atom is 0.251 e. The van der Waals surface area contributed by atoms with E-state index >= 15 is 0 Å². The van der Waals surface area contributed by atoms with Crippen LogP contribution in [0.15, 0.2) is 104 Å². The summed E-state index contributed by atoms with van der Waals surface area (Å²) in [6.45, 7) is 1.09. The minimum atomic E-state index is -0.178. The SMILES string of the molecule is O=C(NCc1cccc(OCc2ccccn2)c1)c1cccc(OCc2cn3ccccc3n2)c1. The Hall–Kier alpha value is -4.65.